The second kappa shape index (κ2) is 6.84. The SMILES string of the molecule is N#C[C@H](c1ccc2ccccc2c1)[C@@H](O)c1c(Br)cccc1Br. The zero-order valence-corrected chi connectivity index (χ0v) is 15.3. The Bertz CT molecular complexity index is 881. The maximum atomic E-state index is 10.8. The van der Waals surface area contributed by atoms with Crippen molar-refractivity contribution in [3.8, 4) is 6.07 Å². The highest BCUT2D eigenvalue weighted by Gasteiger charge is 2.26. The van der Waals surface area contributed by atoms with Crippen LogP contribution < -0.4 is 0 Å². The van der Waals surface area contributed by atoms with Crippen molar-refractivity contribution in [3.05, 3.63) is 80.7 Å². The molecule has 0 aliphatic rings. The minimum absolute atomic E-state index is 0.644. The van der Waals surface area contributed by atoms with Gasteiger partial charge in [-0.15, -0.1) is 0 Å². The molecule has 0 saturated carbocycles. The number of nitrogens with zero attached hydrogens (tertiary/aromatic N) is 1. The van der Waals surface area contributed by atoms with E-state index in [-0.39, 0.29) is 0 Å². The maximum Gasteiger partial charge on any atom is 0.101 e. The number of hydrogen-bond acceptors (Lipinski definition) is 2. The van der Waals surface area contributed by atoms with Crippen LogP contribution in [-0.2, 0) is 0 Å². The Morgan fingerprint density at radius 1 is 0.870 bits per heavy atom. The lowest BCUT2D eigenvalue weighted by molar-refractivity contribution is 0.162. The van der Waals surface area contributed by atoms with Gasteiger partial charge in [-0.1, -0.05) is 74.3 Å². The average molecular weight is 431 g/mol. The van der Waals surface area contributed by atoms with Crippen LogP contribution in [0.25, 0.3) is 10.8 Å². The zero-order valence-electron chi connectivity index (χ0n) is 12.1. The smallest absolute Gasteiger partial charge is 0.101 e. The number of aliphatic hydroxyl groups is 1. The van der Waals surface area contributed by atoms with Gasteiger partial charge in [-0.05, 0) is 34.5 Å². The average Bonchev–Trinajstić information content (AvgIpc) is 2.55. The first-order chi connectivity index (χ1) is 11.1. The molecule has 0 amide bonds. The molecular weight excluding hydrogens is 418 g/mol. The Kier molecular flexibility index (Phi) is 4.82. The number of halogens is 2. The first kappa shape index (κ1) is 16.2. The van der Waals surface area contributed by atoms with E-state index in [0.717, 1.165) is 25.3 Å². The Balaban J connectivity index is 2.06. The summed E-state index contributed by atoms with van der Waals surface area (Å²) in [4.78, 5) is 0. The Hall–Kier alpha value is -1.67. The molecule has 0 saturated heterocycles. The summed E-state index contributed by atoms with van der Waals surface area (Å²) in [5.74, 6) is -0.644. The fourth-order valence-electron chi connectivity index (χ4n) is 2.69. The van der Waals surface area contributed by atoms with Gasteiger partial charge in [-0.3, -0.25) is 0 Å². The molecular formula is C19H13Br2NO. The molecule has 0 aliphatic carbocycles. The van der Waals surface area contributed by atoms with Crippen molar-refractivity contribution in [1.29, 1.82) is 5.26 Å². The fourth-order valence-corrected chi connectivity index (χ4v) is 4.16. The quantitative estimate of drug-likeness (QED) is 0.578. The van der Waals surface area contributed by atoms with Crippen molar-refractivity contribution in [2.45, 2.75) is 12.0 Å². The highest BCUT2D eigenvalue weighted by Crippen LogP contribution is 2.39. The zero-order chi connectivity index (χ0) is 16.4. The van der Waals surface area contributed by atoms with Crippen LogP contribution >= 0.6 is 31.9 Å². The topological polar surface area (TPSA) is 44.0 Å². The number of aliphatic hydroxyl groups excluding tert-OH is 1. The molecule has 2 nitrogen and oxygen atoms in total. The molecule has 0 aromatic heterocycles. The van der Waals surface area contributed by atoms with Gasteiger partial charge in [0.2, 0.25) is 0 Å². The summed E-state index contributed by atoms with van der Waals surface area (Å²) in [6.45, 7) is 0. The molecule has 0 bridgehead atoms. The van der Waals surface area contributed by atoms with Crippen molar-refractivity contribution in [2.75, 3.05) is 0 Å². The van der Waals surface area contributed by atoms with Crippen LogP contribution in [0.15, 0.2) is 69.6 Å². The standard InChI is InChI=1S/C19H13Br2NO/c20-16-6-3-7-17(21)18(16)19(23)15(11-22)14-9-8-12-4-1-2-5-13(12)10-14/h1-10,15,19,23H/t15-,19-/m1/s1. The van der Waals surface area contributed by atoms with Gasteiger partial charge < -0.3 is 5.11 Å². The van der Waals surface area contributed by atoms with E-state index in [9.17, 15) is 10.4 Å². The summed E-state index contributed by atoms with van der Waals surface area (Å²) < 4.78 is 1.56. The molecule has 0 radical (unpaired) electrons. The summed E-state index contributed by atoms with van der Waals surface area (Å²) in [5.41, 5.74) is 1.49. The van der Waals surface area contributed by atoms with E-state index >= 15 is 0 Å². The number of hydrogen-bond donors (Lipinski definition) is 1. The first-order valence-electron chi connectivity index (χ1n) is 7.12. The Morgan fingerprint density at radius 3 is 2.17 bits per heavy atom. The lowest BCUT2D eigenvalue weighted by atomic mass is 9.89. The molecule has 114 valence electrons. The van der Waals surface area contributed by atoms with Crippen LogP contribution in [0, 0.1) is 11.3 Å². The predicted octanol–water partition coefficient (Wildman–Crippen LogP) is 5.71. The number of nitriles is 1. The molecule has 0 heterocycles. The minimum Gasteiger partial charge on any atom is -0.387 e. The summed E-state index contributed by atoms with van der Waals surface area (Å²) in [6.07, 6.45) is -0.925. The van der Waals surface area contributed by atoms with Crippen LogP contribution in [0.3, 0.4) is 0 Å². The maximum absolute atomic E-state index is 10.8. The lowest BCUT2D eigenvalue weighted by Crippen LogP contribution is -2.10. The van der Waals surface area contributed by atoms with Crippen LogP contribution in [0.1, 0.15) is 23.1 Å². The summed E-state index contributed by atoms with van der Waals surface area (Å²) >= 11 is 6.92. The van der Waals surface area contributed by atoms with E-state index in [4.69, 9.17) is 0 Å². The molecule has 3 rings (SSSR count). The Labute approximate surface area is 151 Å². The van der Waals surface area contributed by atoms with E-state index in [1.807, 2.05) is 60.7 Å². The molecule has 0 fully saturated rings. The van der Waals surface area contributed by atoms with Gasteiger partial charge in [0.05, 0.1) is 6.07 Å². The molecule has 4 heteroatoms. The molecule has 3 aromatic carbocycles. The van der Waals surface area contributed by atoms with Crippen LogP contribution in [-0.4, -0.2) is 5.11 Å². The number of fused-ring (bicyclic) bond motifs is 1. The third-order valence-corrected chi connectivity index (χ3v) is 5.27. The molecule has 0 aliphatic heterocycles. The van der Waals surface area contributed by atoms with Gasteiger partial charge in [-0.2, -0.15) is 5.26 Å². The lowest BCUT2D eigenvalue weighted by Gasteiger charge is -2.20. The monoisotopic (exact) mass is 429 g/mol. The predicted molar refractivity (Wildman–Crippen MR) is 99.1 cm³/mol. The van der Waals surface area contributed by atoms with Crippen molar-refractivity contribution in [2.24, 2.45) is 0 Å². The number of benzene rings is 3. The molecule has 1 N–H and O–H groups in total. The minimum atomic E-state index is -0.925. The summed E-state index contributed by atoms with van der Waals surface area (Å²) in [6, 6.07) is 21.7. The molecule has 3 aromatic rings. The van der Waals surface area contributed by atoms with Gasteiger partial charge in [0.15, 0.2) is 0 Å². The molecule has 23 heavy (non-hydrogen) atoms. The van der Waals surface area contributed by atoms with E-state index < -0.39 is 12.0 Å². The van der Waals surface area contributed by atoms with Crippen LogP contribution in [0.4, 0.5) is 0 Å². The first-order valence-corrected chi connectivity index (χ1v) is 8.70. The van der Waals surface area contributed by atoms with Gasteiger partial charge >= 0.3 is 0 Å². The second-order valence-corrected chi connectivity index (χ2v) is 7.00. The van der Waals surface area contributed by atoms with Crippen molar-refractivity contribution in [1.82, 2.24) is 0 Å². The highest BCUT2D eigenvalue weighted by atomic mass is 79.9. The van der Waals surface area contributed by atoms with Gasteiger partial charge in [0, 0.05) is 14.5 Å². The largest absolute Gasteiger partial charge is 0.387 e. The Morgan fingerprint density at radius 2 is 1.52 bits per heavy atom. The summed E-state index contributed by atoms with van der Waals surface area (Å²) in [5, 5.41) is 22.6. The molecule has 0 unspecified atom stereocenters. The van der Waals surface area contributed by atoms with Gasteiger partial charge in [0.1, 0.15) is 12.0 Å². The van der Waals surface area contributed by atoms with E-state index in [1.165, 1.54) is 0 Å². The van der Waals surface area contributed by atoms with Crippen molar-refractivity contribution < 1.29 is 5.11 Å². The van der Waals surface area contributed by atoms with E-state index in [2.05, 4.69) is 37.9 Å². The normalized spacial score (nSPS) is 13.5. The van der Waals surface area contributed by atoms with Crippen molar-refractivity contribution in [3.63, 3.8) is 0 Å². The van der Waals surface area contributed by atoms with Crippen LogP contribution in [0.2, 0.25) is 0 Å². The summed E-state index contributed by atoms with van der Waals surface area (Å²) in [7, 11) is 0. The molecule has 2 atom stereocenters. The fraction of sp³-hybridized carbons (Fsp3) is 0.105. The van der Waals surface area contributed by atoms with Crippen molar-refractivity contribution >= 4 is 42.6 Å². The van der Waals surface area contributed by atoms with E-state index in [0.29, 0.717) is 5.56 Å². The third-order valence-electron chi connectivity index (χ3n) is 3.88. The second-order valence-electron chi connectivity index (χ2n) is 5.29. The van der Waals surface area contributed by atoms with E-state index in [1.54, 1.807) is 0 Å². The van der Waals surface area contributed by atoms with Crippen LogP contribution in [0.5, 0.6) is 0 Å². The number of rotatable bonds is 3. The van der Waals surface area contributed by atoms with Gasteiger partial charge in [0.25, 0.3) is 0 Å². The highest BCUT2D eigenvalue weighted by molar-refractivity contribution is 9.11. The van der Waals surface area contributed by atoms with Gasteiger partial charge in [-0.25, -0.2) is 0 Å². The third kappa shape index (κ3) is 3.18. The molecule has 0 spiro atoms.